The summed E-state index contributed by atoms with van der Waals surface area (Å²) in [4.78, 5) is 9.29. The van der Waals surface area contributed by atoms with Gasteiger partial charge in [0.1, 0.15) is 0 Å². The van der Waals surface area contributed by atoms with Crippen molar-refractivity contribution in [2.24, 2.45) is 0 Å². The van der Waals surface area contributed by atoms with Crippen LogP contribution in [0.4, 0.5) is 0 Å². The van der Waals surface area contributed by atoms with Gasteiger partial charge < -0.3 is 0 Å². The number of hydrogen-bond donors (Lipinski definition) is 0. The Balaban J connectivity index is 0. The molecule has 0 N–H and O–H groups in total. The fraction of sp³-hybridized carbons (Fsp3) is 0. The fourth-order valence-corrected chi connectivity index (χ4v) is 0. The van der Waals surface area contributed by atoms with Gasteiger partial charge in [-0.25, -0.2) is 0 Å². The van der Waals surface area contributed by atoms with Crippen LogP contribution >= 0.6 is 20.5 Å². The van der Waals surface area contributed by atoms with E-state index in [1.165, 1.54) is 0 Å². The van der Waals surface area contributed by atoms with Crippen molar-refractivity contribution in [2.45, 2.75) is 0 Å². The van der Waals surface area contributed by atoms with Gasteiger partial charge in [0.25, 0.3) is 0 Å². The second kappa shape index (κ2) is 5.82. The Bertz CT molecular complexity index is 64.6. The van der Waals surface area contributed by atoms with Crippen LogP contribution in [0.25, 0.3) is 0 Å². The van der Waals surface area contributed by atoms with Gasteiger partial charge in [-0.3, -0.25) is 4.79 Å². The summed E-state index contributed by atoms with van der Waals surface area (Å²) in [5, 5.41) is 0. The van der Waals surface area contributed by atoms with E-state index in [0.29, 0.717) is 6.29 Å². The van der Waals surface area contributed by atoms with Crippen LogP contribution in [0.5, 0.6) is 0 Å². The van der Waals surface area contributed by atoms with Gasteiger partial charge in [0.15, 0.2) is 6.29 Å². The van der Waals surface area contributed by atoms with E-state index < -0.39 is 0 Å². The van der Waals surface area contributed by atoms with Crippen molar-refractivity contribution in [3.8, 4) is 0 Å². The third-order valence-electron chi connectivity index (χ3n) is 0.103. The van der Waals surface area contributed by atoms with Crippen LogP contribution in [-0.2, 0) is 25.9 Å². The topological polar surface area (TPSA) is 17.1 Å². The molecule has 0 unspecified atom stereocenters. The second-order valence-corrected chi connectivity index (χ2v) is 1.73. The monoisotopic (exact) mass is 303 g/mol. The van der Waals surface area contributed by atoms with E-state index in [-0.39, 0.29) is 25.8 Å². The van der Waals surface area contributed by atoms with Gasteiger partial charge in [-0.1, -0.05) is 20.5 Å². The summed E-state index contributed by atoms with van der Waals surface area (Å²) in [6.45, 7) is 0. The van der Waals surface area contributed by atoms with Crippen molar-refractivity contribution >= 4 is 31.5 Å². The zero-order valence-electron chi connectivity index (χ0n) is 2.68. The molecule has 0 saturated carbocycles. The quantitative estimate of drug-likeness (QED) is 0.515. The maximum atomic E-state index is 9.29. The molecule has 0 aromatic carbocycles. The first kappa shape index (κ1) is 9.94. The Morgan fingerprint density at radius 2 is 2.00 bits per heavy atom. The normalized spacial score (nSPS) is 5.50. The number of hydrogen-bond acceptors (Lipinski definition) is 1. The molecule has 0 radical (unpaired) electrons. The van der Waals surface area contributed by atoms with Gasteiger partial charge in [-0.05, 0) is 0 Å². The summed E-state index contributed by atoms with van der Waals surface area (Å²) in [5.74, 6) is 0. The van der Waals surface area contributed by atoms with E-state index in [2.05, 4.69) is 8.86 Å². The summed E-state index contributed by atoms with van der Waals surface area (Å²) < 4.78 is 0.102. The Kier molecular flexibility index (Phi) is 9.64. The Morgan fingerprint density at radius 1 is 1.83 bits per heavy atom. The van der Waals surface area contributed by atoms with Gasteiger partial charge in [0, 0.05) is 21.1 Å². The summed E-state index contributed by atoms with van der Waals surface area (Å²) >= 11 is 4.92. The Morgan fingerprint density at radius 3 is 2.00 bits per heavy atom. The smallest absolute Gasteiger partial charge is 0.165 e. The van der Waals surface area contributed by atoms with E-state index in [0.717, 1.165) is 0 Å². The number of rotatable bonds is 1. The van der Waals surface area contributed by atoms with Crippen LogP contribution in [-0.4, -0.2) is 11.0 Å². The van der Waals surface area contributed by atoms with E-state index in [9.17, 15) is 4.79 Å². The maximum Gasteiger partial charge on any atom is 0.165 e. The van der Waals surface area contributed by atoms with Crippen molar-refractivity contribution < 1.29 is 25.9 Å². The molecule has 0 aliphatic rings. The standard InChI is InChI=1S/C2H2ClOP.Pt/c3-2(5)1-4;/h1,5H;. The predicted octanol–water partition coefficient (Wildman–Crippen LogP) is 0.694. The van der Waals surface area contributed by atoms with Crippen molar-refractivity contribution in [2.75, 3.05) is 0 Å². The molecule has 0 fully saturated rings. The predicted molar refractivity (Wildman–Crippen MR) is 25.2 cm³/mol. The zero-order chi connectivity index (χ0) is 4.28. The fourth-order valence-electron chi connectivity index (χ4n) is 0. The van der Waals surface area contributed by atoms with E-state index in [1.807, 2.05) is 0 Å². The molecule has 38 valence electrons. The van der Waals surface area contributed by atoms with Crippen LogP contribution in [0, 0.1) is 0 Å². The molecule has 0 heterocycles. The average Bonchev–Trinajstić information content (AvgIpc) is 1.38. The van der Waals surface area contributed by atoms with E-state index >= 15 is 0 Å². The molecule has 1 nitrogen and oxygen atoms in total. The van der Waals surface area contributed by atoms with Crippen LogP contribution in [0.15, 0.2) is 0 Å². The van der Waals surface area contributed by atoms with Gasteiger partial charge in [-0.15, -0.1) is 0 Å². The van der Waals surface area contributed by atoms with E-state index in [1.54, 1.807) is 0 Å². The van der Waals surface area contributed by atoms with Gasteiger partial charge in [0.05, 0.1) is 4.75 Å². The third kappa shape index (κ3) is 8.84. The molecule has 0 bridgehead atoms. The molecule has 0 aromatic rings. The molecule has 0 spiro atoms. The first-order chi connectivity index (χ1) is 2.27. The van der Waals surface area contributed by atoms with Crippen LogP contribution in [0.3, 0.4) is 0 Å². The molecule has 6 heavy (non-hydrogen) atoms. The average molecular weight is 304 g/mol. The zero-order valence-corrected chi connectivity index (χ0v) is 6.71. The van der Waals surface area contributed by atoms with Crippen molar-refractivity contribution in [3.05, 3.63) is 0 Å². The summed E-state index contributed by atoms with van der Waals surface area (Å²) in [6, 6.07) is 0. The first-order valence-corrected chi connectivity index (χ1v) is 1.84. The summed E-state index contributed by atoms with van der Waals surface area (Å²) in [7, 11) is 2.73. The molecule has 0 aliphatic carbocycles. The van der Waals surface area contributed by atoms with Crippen LogP contribution < -0.4 is 0 Å². The second-order valence-electron chi connectivity index (χ2n) is 0.466. The minimum atomic E-state index is 0. The molecule has 0 amide bonds. The van der Waals surface area contributed by atoms with Crippen molar-refractivity contribution in [3.63, 3.8) is 0 Å². The molecular formula is C2H2ClOPPt. The van der Waals surface area contributed by atoms with Crippen molar-refractivity contribution in [1.29, 1.82) is 0 Å². The van der Waals surface area contributed by atoms with Crippen LogP contribution in [0.2, 0.25) is 0 Å². The molecule has 0 rings (SSSR count). The van der Waals surface area contributed by atoms with Gasteiger partial charge in [-0.2, -0.15) is 0 Å². The minimum absolute atomic E-state index is 0. The van der Waals surface area contributed by atoms with Crippen LogP contribution in [0.1, 0.15) is 0 Å². The Labute approximate surface area is 57.5 Å². The number of halogens is 1. The molecule has 0 saturated heterocycles. The number of carbonyl (C=O) groups excluding carboxylic acids is 1. The summed E-state index contributed by atoms with van der Waals surface area (Å²) in [5.41, 5.74) is 0. The molecular weight excluding hydrogens is 302 g/mol. The molecule has 0 aliphatic heterocycles. The first-order valence-electron chi connectivity index (χ1n) is 0.963. The minimum Gasteiger partial charge on any atom is -0.297 e. The number of aldehydes is 1. The third-order valence-corrected chi connectivity index (χ3v) is 0.310. The van der Waals surface area contributed by atoms with Gasteiger partial charge >= 0.3 is 0 Å². The molecule has 4 heteroatoms. The van der Waals surface area contributed by atoms with Gasteiger partial charge in [0.2, 0.25) is 0 Å². The summed E-state index contributed by atoms with van der Waals surface area (Å²) in [6.07, 6.45) is 0.512. The Hall–Kier alpha value is 0.818. The van der Waals surface area contributed by atoms with Crippen molar-refractivity contribution in [1.82, 2.24) is 0 Å². The molecule has 0 atom stereocenters. The number of carbonyl (C=O) groups is 1. The largest absolute Gasteiger partial charge is 0.297 e. The maximum absolute atomic E-state index is 9.29. The molecule has 0 aromatic heterocycles. The SMILES string of the molecule is O=CC(=P)Cl.[Pt]. The van der Waals surface area contributed by atoms with E-state index in [4.69, 9.17) is 11.6 Å².